The summed E-state index contributed by atoms with van der Waals surface area (Å²) in [5, 5.41) is 48.6. The van der Waals surface area contributed by atoms with Crippen LogP contribution in [-0.4, -0.2) is 140 Å². The number of aryl methyl sites for hydroxylation is 1. The molecule has 1 aliphatic rings. The number of benzene rings is 3. The standard InChI is InChI=1S/C35H40F5N3O7.C7H15NO5.H2S/c36-30-31(37)33(39)35(34(40)32(30)38)50-29(45)12-14-46-16-18-48-20-21-49-19-17-47-15-13-42-23-27(43-41)7-2-1-4-24-5-3-6-26(22-24)25-8-10-28(44)11-9-25;9-6-3-5(1-2-8(11)12)13-4-7(6)10;/h3,5-6,8-11,22-23,44H,1-2,4,7,12-21,41H2;5-7,9-12H,1-4H2;1H2/b42-23?,43-27-;;. The summed E-state index contributed by atoms with van der Waals surface area (Å²) >= 11 is 0. The molecule has 358 valence electrons. The molecule has 3 aromatic rings. The van der Waals surface area contributed by atoms with Crippen LogP contribution in [0.25, 0.3) is 11.1 Å². The zero-order chi connectivity index (χ0) is 46.0. The Morgan fingerprint density at radius 3 is 1.97 bits per heavy atom. The number of ether oxygens (including phenoxy) is 6. The van der Waals surface area contributed by atoms with E-state index in [0.29, 0.717) is 57.9 Å². The Labute approximate surface area is 374 Å². The van der Waals surface area contributed by atoms with Gasteiger partial charge in [-0.2, -0.15) is 27.4 Å². The summed E-state index contributed by atoms with van der Waals surface area (Å²) in [6.07, 6.45) is 3.61. The van der Waals surface area contributed by atoms with Crippen molar-refractivity contribution in [1.29, 1.82) is 0 Å². The van der Waals surface area contributed by atoms with Crippen LogP contribution in [0.15, 0.2) is 58.6 Å². The number of nitrogens with two attached hydrogens (primary N) is 1. The molecule has 0 aliphatic carbocycles. The Kier molecular flexibility index (Phi) is 27.5. The predicted molar refractivity (Wildman–Crippen MR) is 227 cm³/mol. The summed E-state index contributed by atoms with van der Waals surface area (Å²) in [4.78, 5) is 16.0. The first kappa shape index (κ1) is 55.8. The second kappa shape index (κ2) is 31.5. The Balaban J connectivity index is 0.000000860. The Morgan fingerprint density at radius 2 is 1.38 bits per heavy atom. The molecule has 1 heterocycles. The summed E-state index contributed by atoms with van der Waals surface area (Å²) in [6.45, 7) is 2.31. The number of nitrogens with zero attached hydrogens (tertiary/aromatic N) is 3. The van der Waals surface area contributed by atoms with Crippen molar-refractivity contribution in [3.05, 3.63) is 83.2 Å². The van der Waals surface area contributed by atoms with Gasteiger partial charge in [-0.1, -0.05) is 41.6 Å². The third-order valence-corrected chi connectivity index (χ3v) is 9.10. The van der Waals surface area contributed by atoms with Gasteiger partial charge in [0.05, 0.1) is 96.9 Å². The number of esters is 1. The van der Waals surface area contributed by atoms with Gasteiger partial charge in [0.25, 0.3) is 0 Å². The van der Waals surface area contributed by atoms with Gasteiger partial charge in [-0.3, -0.25) is 20.2 Å². The lowest BCUT2D eigenvalue weighted by Crippen LogP contribution is -2.42. The number of hydrogen-bond acceptors (Lipinski definition) is 16. The maximum absolute atomic E-state index is 13.6. The number of carbonyl (C=O) groups is 1. The van der Waals surface area contributed by atoms with E-state index >= 15 is 0 Å². The van der Waals surface area contributed by atoms with Crippen LogP contribution in [-0.2, 0) is 34.9 Å². The average molecular weight is 937 g/mol. The van der Waals surface area contributed by atoms with Crippen LogP contribution >= 0.6 is 13.5 Å². The maximum Gasteiger partial charge on any atom is 0.313 e. The number of carbonyl (C=O) groups excluding carboxylic acids is 1. The number of aliphatic imine (C=N–C) groups is 1. The lowest BCUT2D eigenvalue weighted by atomic mass is 10.00. The first-order valence-electron chi connectivity index (χ1n) is 20.1. The van der Waals surface area contributed by atoms with Crippen LogP contribution in [0.5, 0.6) is 11.5 Å². The normalized spacial score (nSPS) is 16.4. The second-order valence-electron chi connectivity index (χ2n) is 13.9. The van der Waals surface area contributed by atoms with Gasteiger partial charge in [-0.25, -0.2) is 13.2 Å². The topological polar surface area (TPSA) is 228 Å². The number of unbranched alkanes of at least 4 members (excludes halogenated alkanes) is 1. The molecule has 7 N–H and O–H groups in total. The first-order valence-corrected chi connectivity index (χ1v) is 20.1. The molecule has 0 spiro atoms. The minimum atomic E-state index is -2.35. The molecule has 3 unspecified atom stereocenters. The number of aromatic hydroxyl groups is 1. The van der Waals surface area contributed by atoms with E-state index in [1.54, 1.807) is 18.3 Å². The number of hydrogen-bond donors (Lipinski definition) is 6. The minimum Gasteiger partial charge on any atom is -0.508 e. The van der Waals surface area contributed by atoms with Gasteiger partial charge < -0.3 is 49.6 Å². The summed E-state index contributed by atoms with van der Waals surface area (Å²) < 4.78 is 97.3. The minimum absolute atomic E-state index is 0. The number of hydroxylamine groups is 2. The maximum atomic E-state index is 13.6. The largest absolute Gasteiger partial charge is 0.508 e. The van der Waals surface area contributed by atoms with Crippen LogP contribution in [0, 0.1) is 29.1 Å². The fraction of sp³-hybridized carbons (Fsp3) is 0.500. The van der Waals surface area contributed by atoms with Gasteiger partial charge in [0.2, 0.25) is 34.8 Å². The van der Waals surface area contributed by atoms with Crippen LogP contribution in [0.2, 0.25) is 0 Å². The quantitative estimate of drug-likeness (QED) is 0.00718. The third kappa shape index (κ3) is 21.1. The van der Waals surface area contributed by atoms with E-state index in [1.807, 2.05) is 18.2 Å². The summed E-state index contributed by atoms with van der Waals surface area (Å²) in [7, 11) is 0. The molecule has 4 rings (SSSR count). The van der Waals surface area contributed by atoms with Crippen molar-refractivity contribution >= 4 is 31.4 Å². The molecule has 0 radical (unpaired) electrons. The van der Waals surface area contributed by atoms with Gasteiger partial charge in [0.1, 0.15) is 11.9 Å². The average Bonchev–Trinajstić information content (AvgIpc) is 3.28. The molecule has 1 saturated heterocycles. The van der Waals surface area contributed by atoms with Crippen molar-refractivity contribution in [3.63, 3.8) is 0 Å². The highest BCUT2D eigenvalue weighted by molar-refractivity contribution is 7.59. The van der Waals surface area contributed by atoms with Crippen LogP contribution in [0.3, 0.4) is 0 Å². The van der Waals surface area contributed by atoms with Crippen LogP contribution < -0.4 is 10.6 Å². The number of aliphatic hydroxyl groups excluding tert-OH is 2. The van der Waals surface area contributed by atoms with Crippen molar-refractivity contribution in [2.75, 3.05) is 72.6 Å². The molecule has 1 fully saturated rings. The smallest absolute Gasteiger partial charge is 0.313 e. The molecular weight excluding hydrogens is 880 g/mol. The van der Waals surface area contributed by atoms with Gasteiger partial charge in [0.15, 0.2) is 0 Å². The van der Waals surface area contributed by atoms with Crippen molar-refractivity contribution in [2.24, 2.45) is 15.9 Å². The van der Waals surface area contributed by atoms with E-state index in [4.69, 9.17) is 45.0 Å². The van der Waals surface area contributed by atoms with E-state index < -0.39 is 59.4 Å². The van der Waals surface area contributed by atoms with Crippen molar-refractivity contribution in [3.8, 4) is 22.6 Å². The van der Waals surface area contributed by atoms with E-state index in [9.17, 15) is 37.0 Å². The van der Waals surface area contributed by atoms with E-state index in [2.05, 4.69) is 33.0 Å². The molecule has 0 amide bonds. The number of halogens is 5. The summed E-state index contributed by atoms with van der Waals surface area (Å²) in [5.41, 5.74) is 4.11. The molecule has 0 aromatic heterocycles. The molecule has 0 saturated carbocycles. The fourth-order valence-electron chi connectivity index (χ4n) is 5.70. The van der Waals surface area contributed by atoms with Crippen LogP contribution in [0.4, 0.5) is 22.0 Å². The fourth-order valence-corrected chi connectivity index (χ4v) is 5.70. The number of rotatable bonds is 26. The lowest BCUT2D eigenvalue weighted by Gasteiger charge is -2.30. The van der Waals surface area contributed by atoms with E-state index in [-0.39, 0.29) is 70.2 Å². The number of phenols is 1. The molecule has 0 bridgehead atoms. The van der Waals surface area contributed by atoms with Crippen LogP contribution in [0.1, 0.15) is 44.1 Å². The van der Waals surface area contributed by atoms with Gasteiger partial charge >= 0.3 is 5.97 Å². The molecule has 22 heteroatoms. The Hall–Kier alpha value is -4.33. The third-order valence-electron chi connectivity index (χ3n) is 9.10. The van der Waals surface area contributed by atoms with Crippen molar-refractivity contribution in [1.82, 2.24) is 5.23 Å². The highest BCUT2D eigenvalue weighted by Gasteiger charge is 2.29. The monoisotopic (exact) mass is 936 g/mol. The zero-order valence-corrected chi connectivity index (χ0v) is 36.1. The highest BCUT2D eigenvalue weighted by Crippen LogP contribution is 2.29. The molecular formula is C42H57F5N4O12S. The molecule has 16 nitrogen and oxygen atoms in total. The summed E-state index contributed by atoms with van der Waals surface area (Å²) in [5.74, 6) is -8.38. The molecule has 64 heavy (non-hydrogen) atoms. The Morgan fingerprint density at radius 1 is 0.781 bits per heavy atom. The zero-order valence-electron chi connectivity index (χ0n) is 35.1. The van der Waals surface area contributed by atoms with E-state index in [0.717, 1.165) is 30.4 Å². The molecule has 3 aromatic carbocycles. The Bertz CT molecular complexity index is 1840. The number of hydrazone groups is 1. The number of phenolic OH excluding ortho intramolecular Hbond substituents is 1. The number of aliphatic hydroxyl groups is 2. The first-order chi connectivity index (χ1) is 30.3. The second-order valence-corrected chi connectivity index (χ2v) is 13.9. The highest BCUT2D eigenvalue weighted by atomic mass is 32.1. The molecule has 3 atom stereocenters. The van der Waals surface area contributed by atoms with Gasteiger partial charge in [0, 0.05) is 12.6 Å². The summed E-state index contributed by atoms with van der Waals surface area (Å²) in [6, 6.07) is 15.5. The van der Waals surface area contributed by atoms with Crippen molar-refractivity contribution < 1.29 is 80.9 Å². The molecule has 1 aliphatic heterocycles. The lowest BCUT2D eigenvalue weighted by molar-refractivity contribution is -0.309. The SMILES string of the molecule is N/N=C(\C=NCCOCCOCCOCCOCCC(=O)Oc1c(F)c(F)c(F)c(F)c1F)CCCCc1cccc(-c2ccc(O)cc2)c1.OC1COC(CCN(O)O)CC1O.S. The predicted octanol–water partition coefficient (Wildman–Crippen LogP) is 5.00. The van der Waals surface area contributed by atoms with Crippen molar-refractivity contribution in [2.45, 2.75) is 63.3 Å². The van der Waals surface area contributed by atoms with Gasteiger partial charge in [-0.05, 0) is 60.9 Å². The van der Waals surface area contributed by atoms with Gasteiger partial charge in [-0.15, -0.1) is 0 Å². The van der Waals surface area contributed by atoms with E-state index in [1.165, 1.54) is 5.56 Å².